The monoisotopic (exact) mass is 218 g/mol. The standard InChI is InChI=1S/C6H7BrN2S/c7-4-5(3-1-2-3)9-10-6(4)8/h3H,1-2,8H2. The third-order valence-electron chi connectivity index (χ3n) is 1.65. The largest absolute Gasteiger partial charge is 0.388 e. The minimum atomic E-state index is 0.697. The van der Waals surface area contributed by atoms with Crippen molar-refractivity contribution in [3.8, 4) is 0 Å². The second-order valence-electron chi connectivity index (χ2n) is 2.52. The fraction of sp³-hybridized carbons (Fsp3) is 0.500. The molecule has 1 saturated carbocycles. The van der Waals surface area contributed by atoms with Crippen LogP contribution in [0, 0.1) is 0 Å². The highest BCUT2D eigenvalue weighted by Crippen LogP contribution is 2.45. The molecule has 0 bridgehead atoms. The number of hydrogen-bond acceptors (Lipinski definition) is 3. The lowest BCUT2D eigenvalue weighted by Crippen LogP contribution is -1.81. The molecule has 0 atom stereocenters. The highest BCUT2D eigenvalue weighted by atomic mass is 79.9. The Labute approximate surface area is 71.7 Å². The average Bonchev–Trinajstić information content (AvgIpc) is 2.67. The molecule has 0 unspecified atom stereocenters. The smallest absolute Gasteiger partial charge is 0.121 e. The Morgan fingerprint density at radius 1 is 1.60 bits per heavy atom. The molecule has 4 heteroatoms. The molecule has 10 heavy (non-hydrogen) atoms. The SMILES string of the molecule is Nc1snc(C2CC2)c1Br. The van der Waals surface area contributed by atoms with Crippen LogP contribution >= 0.6 is 27.5 Å². The molecular weight excluding hydrogens is 212 g/mol. The normalized spacial score (nSPS) is 17.7. The van der Waals surface area contributed by atoms with Crippen molar-refractivity contribution in [1.29, 1.82) is 0 Å². The van der Waals surface area contributed by atoms with E-state index in [9.17, 15) is 0 Å². The Morgan fingerprint density at radius 2 is 2.30 bits per heavy atom. The lowest BCUT2D eigenvalue weighted by molar-refractivity contribution is 1.06. The molecule has 1 fully saturated rings. The summed E-state index contributed by atoms with van der Waals surface area (Å²) in [4.78, 5) is 0. The second-order valence-corrected chi connectivity index (χ2v) is 4.12. The molecular formula is C6H7BrN2S. The van der Waals surface area contributed by atoms with Crippen LogP contribution in [0.3, 0.4) is 0 Å². The van der Waals surface area contributed by atoms with Gasteiger partial charge in [0.05, 0.1) is 10.2 Å². The molecule has 0 spiro atoms. The zero-order valence-corrected chi connectivity index (χ0v) is 7.70. The summed E-state index contributed by atoms with van der Waals surface area (Å²) in [5.74, 6) is 0.697. The van der Waals surface area contributed by atoms with Gasteiger partial charge in [-0.25, -0.2) is 0 Å². The molecule has 2 nitrogen and oxygen atoms in total. The molecule has 0 amide bonds. The molecule has 2 rings (SSSR count). The van der Waals surface area contributed by atoms with Crippen molar-refractivity contribution in [2.24, 2.45) is 0 Å². The van der Waals surface area contributed by atoms with Crippen molar-refractivity contribution in [1.82, 2.24) is 4.37 Å². The maximum atomic E-state index is 5.62. The van der Waals surface area contributed by atoms with E-state index in [4.69, 9.17) is 5.73 Å². The van der Waals surface area contributed by atoms with Crippen LogP contribution in [0.5, 0.6) is 0 Å². The number of nitrogens with two attached hydrogens (primary N) is 1. The van der Waals surface area contributed by atoms with Gasteiger partial charge in [0.1, 0.15) is 5.00 Å². The Kier molecular flexibility index (Phi) is 1.46. The van der Waals surface area contributed by atoms with E-state index in [2.05, 4.69) is 20.3 Å². The topological polar surface area (TPSA) is 38.9 Å². The minimum absolute atomic E-state index is 0.697. The van der Waals surface area contributed by atoms with Crippen molar-refractivity contribution < 1.29 is 0 Å². The van der Waals surface area contributed by atoms with Gasteiger partial charge in [0.2, 0.25) is 0 Å². The van der Waals surface area contributed by atoms with Crippen molar-refractivity contribution in [2.75, 3.05) is 5.73 Å². The van der Waals surface area contributed by atoms with E-state index in [1.807, 2.05) is 0 Å². The minimum Gasteiger partial charge on any atom is -0.388 e. The third-order valence-corrected chi connectivity index (χ3v) is 3.43. The molecule has 1 aliphatic carbocycles. The van der Waals surface area contributed by atoms with E-state index in [0.29, 0.717) is 5.92 Å². The first-order chi connectivity index (χ1) is 4.79. The van der Waals surface area contributed by atoms with Crippen molar-refractivity contribution >= 4 is 32.5 Å². The Bertz CT molecular complexity index is 254. The van der Waals surface area contributed by atoms with Gasteiger partial charge >= 0.3 is 0 Å². The predicted molar refractivity (Wildman–Crippen MR) is 46.2 cm³/mol. The molecule has 1 aliphatic rings. The van der Waals surface area contributed by atoms with Gasteiger partial charge < -0.3 is 5.73 Å². The van der Waals surface area contributed by atoms with Crippen LogP contribution in [0.2, 0.25) is 0 Å². The fourth-order valence-corrected chi connectivity index (χ4v) is 2.28. The van der Waals surface area contributed by atoms with Crippen LogP contribution in [0.1, 0.15) is 24.5 Å². The van der Waals surface area contributed by atoms with Crippen LogP contribution in [-0.2, 0) is 0 Å². The fourth-order valence-electron chi connectivity index (χ4n) is 0.915. The van der Waals surface area contributed by atoms with E-state index in [1.54, 1.807) is 0 Å². The molecule has 0 saturated heterocycles. The van der Waals surface area contributed by atoms with Crippen LogP contribution in [0.15, 0.2) is 4.47 Å². The lowest BCUT2D eigenvalue weighted by Gasteiger charge is -1.89. The molecule has 1 heterocycles. The van der Waals surface area contributed by atoms with Gasteiger partial charge in [-0.05, 0) is 40.3 Å². The first kappa shape index (κ1) is 6.61. The van der Waals surface area contributed by atoms with Gasteiger partial charge in [-0.1, -0.05) is 0 Å². The zero-order valence-electron chi connectivity index (χ0n) is 5.30. The van der Waals surface area contributed by atoms with Crippen molar-refractivity contribution in [3.05, 3.63) is 10.2 Å². The van der Waals surface area contributed by atoms with Crippen LogP contribution in [0.4, 0.5) is 5.00 Å². The van der Waals surface area contributed by atoms with Gasteiger partial charge in [0.15, 0.2) is 0 Å². The molecule has 2 N–H and O–H groups in total. The van der Waals surface area contributed by atoms with Gasteiger partial charge in [-0.15, -0.1) is 0 Å². The number of rotatable bonds is 1. The molecule has 0 radical (unpaired) electrons. The zero-order chi connectivity index (χ0) is 7.14. The summed E-state index contributed by atoms with van der Waals surface area (Å²) in [5, 5.41) is 0.807. The number of nitrogens with zero attached hydrogens (tertiary/aromatic N) is 1. The summed E-state index contributed by atoms with van der Waals surface area (Å²) in [7, 11) is 0. The number of hydrogen-bond donors (Lipinski definition) is 1. The van der Waals surface area contributed by atoms with E-state index in [1.165, 1.54) is 30.1 Å². The Hall–Kier alpha value is -0.0900. The van der Waals surface area contributed by atoms with Gasteiger partial charge in [-0.2, -0.15) is 4.37 Å². The maximum Gasteiger partial charge on any atom is 0.121 e. The van der Waals surface area contributed by atoms with Gasteiger partial charge in [0, 0.05) is 5.92 Å². The van der Waals surface area contributed by atoms with Gasteiger partial charge in [-0.3, -0.25) is 0 Å². The summed E-state index contributed by atoms with van der Waals surface area (Å²) < 4.78 is 5.27. The number of anilines is 1. The second kappa shape index (κ2) is 2.20. The summed E-state index contributed by atoms with van der Waals surface area (Å²) in [5.41, 5.74) is 6.78. The molecule has 0 aromatic carbocycles. The molecule has 1 aromatic heterocycles. The highest BCUT2D eigenvalue weighted by Gasteiger charge is 2.28. The summed E-state index contributed by atoms with van der Waals surface area (Å²) >= 11 is 4.79. The van der Waals surface area contributed by atoms with E-state index < -0.39 is 0 Å². The maximum absolute atomic E-state index is 5.62. The lowest BCUT2D eigenvalue weighted by atomic mass is 10.3. The van der Waals surface area contributed by atoms with Crippen LogP contribution in [-0.4, -0.2) is 4.37 Å². The third kappa shape index (κ3) is 0.953. The quantitative estimate of drug-likeness (QED) is 0.787. The Balaban J connectivity index is 2.40. The molecule has 1 aromatic rings. The molecule has 0 aliphatic heterocycles. The summed E-state index contributed by atoms with van der Waals surface area (Å²) in [6.45, 7) is 0. The summed E-state index contributed by atoms with van der Waals surface area (Å²) in [6.07, 6.45) is 2.56. The Morgan fingerprint density at radius 3 is 2.70 bits per heavy atom. The van der Waals surface area contributed by atoms with Crippen molar-refractivity contribution in [2.45, 2.75) is 18.8 Å². The molecule has 54 valence electrons. The van der Waals surface area contributed by atoms with Crippen LogP contribution < -0.4 is 5.73 Å². The summed E-state index contributed by atoms with van der Waals surface area (Å²) in [6, 6.07) is 0. The van der Waals surface area contributed by atoms with E-state index >= 15 is 0 Å². The van der Waals surface area contributed by atoms with Gasteiger partial charge in [0.25, 0.3) is 0 Å². The predicted octanol–water partition coefficient (Wildman–Crippen LogP) is 2.37. The van der Waals surface area contributed by atoms with Crippen LogP contribution in [0.25, 0.3) is 0 Å². The highest BCUT2D eigenvalue weighted by molar-refractivity contribution is 9.10. The average molecular weight is 219 g/mol. The first-order valence-corrected chi connectivity index (χ1v) is 4.76. The number of halogens is 1. The number of aromatic nitrogens is 1. The first-order valence-electron chi connectivity index (χ1n) is 3.19. The van der Waals surface area contributed by atoms with E-state index in [-0.39, 0.29) is 0 Å². The van der Waals surface area contributed by atoms with Crippen molar-refractivity contribution in [3.63, 3.8) is 0 Å². The van der Waals surface area contributed by atoms with E-state index in [0.717, 1.165) is 9.47 Å². The number of nitrogen functional groups attached to an aromatic ring is 1.